The number of aliphatic imine (C=N–C) groups is 1. The zero-order chi connectivity index (χ0) is 13.7. The van der Waals surface area contributed by atoms with Crippen molar-refractivity contribution >= 4 is 28.0 Å². The van der Waals surface area contributed by atoms with E-state index in [9.17, 15) is 5.26 Å². The summed E-state index contributed by atoms with van der Waals surface area (Å²) >= 11 is 3.39. The van der Waals surface area contributed by atoms with Crippen molar-refractivity contribution < 1.29 is 4.74 Å². The predicted octanol–water partition coefficient (Wildman–Crippen LogP) is 3.33. The van der Waals surface area contributed by atoms with Crippen LogP contribution < -0.4 is 4.74 Å². The molecular weight excluding hydrogens is 294 g/mol. The summed E-state index contributed by atoms with van der Waals surface area (Å²) in [6.07, 6.45) is 1.72. The van der Waals surface area contributed by atoms with Crippen molar-refractivity contribution in [2.45, 2.75) is 20.0 Å². The maximum Gasteiger partial charge on any atom is 0.135 e. The van der Waals surface area contributed by atoms with Gasteiger partial charge in [0.25, 0.3) is 0 Å². The Hall–Kier alpha value is -1.54. The smallest absolute Gasteiger partial charge is 0.135 e. The van der Waals surface area contributed by atoms with Crippen molar-refractivity contribution in [3.63, 3.8) is 0 Å². The van der Waals surface area contributed by atoms with Gasteiger partial charge in [0.15, 0.2) is 0 Å². The number of nitriles is 1. The standard InChI is InChI=1S/C13H16BrN3O/c1-9(2)18-12-6-5-11(16-8-17(3)4)10(7-15)13(12)14/h5-6,8-9H,1-4H3. The van der Waals surface area contributed by atoms with Gasteiger partial charge in [-0.15, -0.1) is 0 Å². The van der Waals surface area contributed by atoms with Gasteiger partial charge < -0.3 is 9.64 Å². The molecule has 0 radical (unpaired) electrons. The third kappa shape index (κ3) is 3.74. The van der Waals surface area contributed by atoms with E-state index in [-0.39, 0.29) is 6.10 Å². The molecule has 1 aromatic carbocycles. The van der Waals surface area contributed by atoms with Gasteiger partial charge in [0.1, 0.15) is 11.8 Å². The molecule has 0 saturated carbocycles. The van der Waals surface area contributed by atoms with Crippen LogP contribution in [0.3, 0.4) is 0 Å². The van der Waals surface area contributed by atoms with E-state index in [1.54, 1.807) is 12.4 Å². The minimum absolute atomic E-state index is 0.0592. The molecule has 4 nitrogen and oxygen atoms in total. The number of halogens is 1. The molecule has 18 heavy (non-hydrogen) atoms. The van der Waals surface area contributed by atoms with Gasteiger partial charge in [0.2, 0.25) is 0 Å². The fraction of sp³-hybridized carbons (Fsp3) is 0.385. The second-order valence-electron chi connectivity index (χ2n) is 4.26. The number of ether oxygens (including phenoxy) is 1. The van der Waals surface area contributed by atoms with Gasteiger partial charge in [0, 0.05) is 14.1 Å². The van der Waals surface area contributed by atoms with E-state index in [0.717, 1.165) is 0 Å². The van der Waals surface area contributed by atoms with E-state index in [0.29, 0.717) is 21.5 Å². The Morgan fingerprint density at radius 2 is 2.11 bits per heavy atom. The highest BCUT2D eigenvalue weighted by atomic mass is 79.9. The number of nitrogens with zero attached hydrogens (tertiary/aromatic N) is 3. The molecule has 0 aromatic heterocycles. The molecule has 1 rings (SSSR count). The SMILES string of the molecule is CC(C)Oc1ccc(N=CN(C)C)c(C#N)c1Br. The van der Waals surface area contributed by atoms with Crippen molar-refractivity contribution in [3.05, 3.63) is 22.2 Å². The first-order valence-electron chi connectivity index (χ1n) is 5.55. The summed E-state index contributed by atoms with van der Waals surface area (Å²) in [7, 11) is 3.75. The lowest BCUT2D eigenvalue weighted by Gasteiger charge is -2.13. The fourth-order valence-corrected chi connectivity index (χ4v) is 1.80. The van der Waals surface area contributed by atoms with Crippen LogP contribution in [0.1, 0.15) is 19.4 Å². The lowest BCUT2D eigenvalue weighted by Crippen LogP contribution is -2.07. The van der Waals surface area contributed by atoms with Gasteiger partial charge >= 0.3 is 0 Å². The third-order valence-electron chi connectivity index (χ3n) is 1.99. The molecule has 96 valence electrons. The van der Waals surface area contributed by atoms with E-state index < -0.39 is 0 Å². The van der Waals surface area contributed by atoms with Crippen molar-refractivity contribution in [2.24, 2.45) is 4.99 Å². The molecule has 0 bridgehead atoms. The van der Waals surface area contributed by atoms with Crippen LogP contribution in [0, 0.1) is 11.3 Å². The summed E-state index contributed by atoms with van der Waals surface area (Å²) in [5, 5.41) is 9.20. The largest absolute Gasteiger partial charge is 0.490 e. The van der Waals surface area contributed by atoms with Crippen LogP contribution in [0.25, 0.3) is 0 Å². The van der Waals surface area contributed by atoms with E-state index in [4.69, 9.17) is 4.74 Å². The first-order chi connectivity index (χ1) is 8.45. The molecule has 1 aromatic rings. The van der Waals surface area contributed by atoms with E-state index in [1.807, 2.05) is 38.9 Å². The van der Waals surface area contributed by atoms with Crippen LogP contribution >= 0.6 is 15.9 Å². The van der Waals surface area contributed by atoms with Gasteiger partial charge in [-0.25, -0.2) is 4.99 Å². The second kappa shape index (κ2) is 6.41. The summed E-state index contributed by atoms with van der Waals surface area (Å²) in [5.74, 6) is 0.658. The van der Waals surface area contributed by atoms with Crippen molar-refractivity contribution in [2.75, 3.05) is 14.1 Å². The zero-order valence-electron chi connectivity index (χ0n) is 10.9. The maximum absolute atomic E-state index is 9.20. The molecule has 0 amide bonds. The van der Waals surface area contributed by atoms with Crippen molar-refractivity contribution in [1.82, 2.24) is 4.90 Å². The first kappa shape index (κ1) is 14.5. The summed E-state index contributed by atoms with van der Waals surface area (Å²) < 4.78 is 6.25. The van der Waals surface area contributed by atoms with Crippen LogP contribution in [0.15, 0.2) is 21.6 Å². The molecule has 5 heteroatoms. The average molecular weight is 310 g/mol. The molecule has 0 saturated heterocycles. The molecule has 0 heterocycles. The van der Waals surface area contributed by atoms with Crippen LogP contribution in [0.5, 0.6) is 5.75 Å². The molecule has 0 aliphatic carbocycles. The number of benzene rings is 1. The van der Waals surface area contributed by atoms with Gasteiger partial charge in [-0.1, -0.05) is 0 Å². The topological polar surface area (TPSA) is 48.6 Å². The predicted molar refractivity (Wildman–Crippen MR) is 76.5 cm³/mol. The number of hydrogen-bond donors (Lipinski definition) is 0. The monoisotopic (exact) mass is 309 g/mol. The van der Waals surface area contributed by atoms with E-state index in [1.165, 1.54) is 0 Å². The summed E-state index contributed by atoms with van der Waals surface area (Å²) in [6, 6.07) is 5.73. The van der Waals surface area contributed by atoms with Crippen molar-refractivity contribution in [3.8, 4) is 11.8 Å². The molecule has 0 aliphatic heterocycles. The third-order valence-corrected chi connectivity index (χ3v) is 2.77. The van der Waals surface area contributed by atoms with Crippen LogP contribution in [0.4, 0.5) is 5.69 Å². The average Bonchev–Trinajstić information content (AvgIpc) is 2.29. The Kier molecular flexibility index (Phi) is 5.17. The van der Waals surface area contributed by atoms with Crippen LogP contribution in [-0.2, 0) is 0 Å². The quantitative estimate of drug-likeness (QED) is 0.633. The molecule has 0 spiro atoms. The van der Waals surface area contributed by atoms with Crippen molar-refractivity contribution in [1.29, 1.82) is 5.26 Å². The molecule has 0 fully saturated rings. The molecule has 0 atom stereocenters. The Labute approximate surface area is 116 Å². The lowest BCUT2D eigenvalue weighted by atomic mass is 10.2. The maximum atomic E-state index is 9.20. The van der Waals surface area contributed by atoms with Gasteiger partial charge in [-0.2, -0.15) is 5.26 Å². The van der Waals surface area contributed by atoms with Gasteiger partial charge in [-0.3, -0.25) is 0 Å². The molecule has 0 unspecified atom stereocenters. The molecule has 0 N–H and O–H groups in total. The Morgan fingerprint density at radius 3 is 2.61 bits per heavy atom. The van der Waals surface area contributed by atoms with Crippen LogP contribution in [-0.4, -0.2) is 31.4 Å². The summed E-state index contributed by atoms with van der Waals surface area (Å²) in [5.41, 5.74) is 1.10. The van der Waals surface area contributed by atoms with Gasteiger partial charge in [-0.05, 0) is 41.9 Å². The molecular formula is C13H16BrN3O. The second-order valence-corrected chi connectivity index (χ2v) is 5.05. The van der Waals surface area contributed by atoms with E-state index >= 15 is 0 Å². The zero-order valence-corrected chi connectivity index (χ0v) is 12.5. The minimum Gasteiger partial charge on any atom is -0.490 e. The first-order valence-corrected chi connectivity index (χ1v) is 6.35. The Morgan fingerprint density at radius 1 is 1.44 bits per heavy atom. The highest BCUT2D eigenvalue weighted by Gasteiger charge is 2.12. The Balaban J connectivity index is 3.17. The summed E-state index contributed by atoms with van der Waals surface area (Å²) in [6.45, 7) is 3.88. The summed E-state index contributed by atoms with van der Waals surface area (Å²) in [4.78, 5) is 6.06. The Bertz CT molecular complexity index is 490. The minimum atomic E-state index is 0.0592. The number of rotatable bonds is 4. The molecule has 0 aliphatic rings. The van der Waals surface area contributed by atoms with Crippen LogP contribution in [0.2, 0.25) is 0 Å². The normalized spacial score (nSPS) is 10.7. The lowest BCUT2D eigenvalue weighted by molar-refractivity contribution is 0.241. The van der Waals surface area contributed by atoms with E-state index in [2.05, 4.69) is 27.0 Å². The van der Waals surface area contributed by atoms with Gasteiger partial charge in [0.05, 0.1) is 28.2 Å². The highest BCUT2D eigenvalue weighted by Crippen LogP contribution is 2.35. The number of hydrogen-bond acceptors (Lipinski definition) is 3. The highest BCUT2D eigenvalue weighted by molar-refractivity contribution is 9.10. The fourth-order valence-electron chi connectivity index (χ4n) is 1.28.